The van der Waals surface area contributed by atoms with Crippen molar-refractivity contribution in [2.24, 2.45) is 0 Å². The topological polar surface area (TPSA) is 56.1 Å². The van der Waals surface area contributed by atoms with Gasteiger partial charge in [-0.05, 0) is 33.6 Å². The minimum atomic E-state index is -0.236. The van der Waals surface area contributed by atoms with E-state index in [1.54, 1.807) is 17.0 Å². The summed E-state index contributed by atoms with van der Waals surface area (Å²) in [5.74, 6) is 0.405. The number of anilines is 1. The van der Waals surface area contributed by atoms with E-state index in [0.29, 0.717) is 12.4 Å². The molecule has 5 nitrogen and oxygen atoms in total. The van der Waals surface area contributed by atoms with Crippen molar-refractivity contribution in [1.29, 1.82) is 0 Å². The van der Waals surface area contributed by atoms with Crippen LogP contribution in [-0.2, 0) is 10.3 Å². The Kier molecular flexibility index (Phi) is 3.71. The van der Waals surface area contributed by atoms with Crippen molar-refractivity contribution in [3.05, 3.63) is 22.7 Å². The van der Waals surface area contributed by atoms with Gasteiger partial charge in [0.2, 0.25) is 0 Å². The van der Waals surface area contributed by atoms with Gasteiger partial charge in [0.1, 0.15) is 0 Å². The maximum Gasteiger partial charge on any atom is 0.293 e. The van der Waals surface area contributed by atoms with Crippen LogP contribution >= 0.6 is 0 Å². The van der Waals surface area contributed by atoms with Crippen molar-refractivity contribution in [3.8, 4) is 0 Å². The van der Waals surface area contributed by atoms with Crippen LogP contribution in [0.1, 0.15) is 33.6 Å². The molecule has 18 heavy (non-hydrogen) atoms. The van der Waals surface area contributed by atoms with Crippen molar-refractivity contribution in [1.82, 2.24) is 9.55 Å². The molecule has 0 amide bonds. The Balaban J connectivity index is 2.11. The van der Waals surface area contributed by atoms with E-state index in [2.05, 4.69) is 10.3 Å². The van der Waals surface area contributed by atoms with Gasteiger partial charge in [0.15, 0.2) is 5.82 Å². The molecule has 1 saturated heterocycles. The SMILES string of the molecule is CC(C)(C)n1ccnc(NCC2CCCO2)c1=O. The Morgan fingerprint density at radius 2 is 2.33 bits per heavy atom. The number of aromatic nitrogens is 2. The Labute approximate surface area is 107 Å². The molecule has 1 atom stereocenters. The molecule has 0 spiro atoms. The van der Waals surface area contributed by atoms with Crippen molar-refractivity contribution in [3.63, 3.8) is 0 Å². The summed E-state index contributed by atoms with van der Waals surface area (Å²) >= 11 is 0. The van der Waals surface area contributed by atoms with Crippen LogP contribution in [0.15, 0.2) is 17.2 Å². The Morgan fingerprint density at radius 3 is 2.94 bits per heavy atom. The number of ether oxygens (including phenoxy) is 1. The zero-order chi connectivity index (χ0) is 13.2. The summed E-state index contributed by atoms with van der Waals surface area (Å²) in [4.78, 5) is 16.3. The molecule has 1 N–H and O–H groups in total. The first-order chi connectivity index (χ1) is 8.48. The van der Waals surface area contributed by atoms with Gasteiger partial charge < -0.3 is 14.6 Å². The molecule has 1 aromatic rings. The second-order valence-electron chi connectivity index (χ2n) is 5.64. The molecule has 1 aromatic heterocycles. The fourth-order valence-electron chi connectivity index (χ4n) is 2.08. The van der Waals surface area contributed by atoms with E-state index in [4.69, 9.17) is 4.74 Å². The van der Waals surface area contributed by atoms with Gasteiger partial charge in [-0.3, -0.25) is 4.79 Å². The highest BCUT2D eigenvalue weighted by Gasteiger charge is 2.18. The number of nitrogens with one attached hydrogen (secondary N) is 1. The Hall–Kier alpha value is -1.36. The van der Waals surface area contributed by atoms with E-state index < -0.39 is 0 Å². The smallest absolute Gasteiger partial charge is 0.293 e. The van der Waals surface area contributed by atoms with Crippen LogP contribution in [0.5, 0.6) is 0 Å². The normalized spacial score (nSPS) is 20.1. The Morgan fingerprint density at radius 1 is 1.56 bits per heavy atom. The summed E-state index contributed by atoms with van der Waals surface area (Å²) in [7, 11) is 0. The molecule has 1 aliphatic rings. The monoisotopic (exact) mass is 251 g/mol. The van der Waals surface area contributed by atoms with Crippen molar-refractivity contribution in [2.75, 3.05) is 18.5 Å². The summed E-state index contributed by atoms with van der Waals surface area (Å²) in [5.41, 5.74) is -0.316. The lowest BCUT2D eigenvalue weighted by Crippen LogP contribution is -2.36. The molecule has 1 aliphatic heterocycles. The van der Waals surface area contributed by atoms with Gasteiger partial charge in [0.05, 0.1) is 6.10 Å². The molecule has 5 heteroatoms. The summed E-state index contributed by atoms with van der Waals surface area (Å²) in [6, 6.07) is 0. The minimum Gasteiger partial charge on any atom is -0.376 e. The number of rotatable bonds is 3. The van der Waals surface area contributed by atoms with Crippen LogP contribution in [0, 0.1) is 0 Å². The highest BCUT2D eigenvalue weighted by Crippen LogP contribution is 2.13. The largest absolute Gasteiger partial charge is 0.376 e. The molecule has 2 rings (SSSR count). The maximum atomic E-state index is 12.2. The van der Waals surface area contributed by atoms with E-state index in [1.165, 1.54) is 0 Å². The van der Waals surface area contributed by atoms with Gasteiger partial charge in [-0.1, -0.05) is 0 Å². The van der Waals surface area contributed by atoms with E-state index in [1.807, 2.05) is 20.8 Å². The summed E-state index contributed by atoms with van der Waals surface area (Å²) < 4.78 is 7.21. The van der Waals surface area contributed by atoms with Gasteiger partial charge in [-0.15, -0.1) is 0 Å². The molecule has 0 aromatic carbocycles. The molecule has 1 fully saturated rings. The van der Waals surface area contributed by atoms with E-state index in [9.17, 15) is 4.79 Å². The number of nitrogens with zero attached hydrogens (tertiary/aromatic N) is 2. The fourth-order valence-corrected chi connectivity index (χ4v) is 2.08. The lowest BCUT2D eigenvalue weighted by Gasteiger charge is -2.22. The molecule has 0 aliphatic carbocycles. The third-order valence-corrected chi connectivity index (χ3v) is 3.08. The lowest BCUT2D eigenvalue weighted by atomic mass is 10.1. The van der Waals surface area contributed by atoms with Gasteiger partial charge in [-0.2, -0.15) is 0 Å². The second-order valence-corrected chi connectivity index (χ2v) is 5.64. The maximum absolute atomic E-state index is 12.2. The summed E-state index contributed by atoms with van der Waals surface area (Å²) in [6.45, 7) is 7.46. The predicted octanol–water partition coefficient (Wildman–Crippen LogP) is 1.59. The lowest BCUT2D eigenvalue weighted by molar-refractivity contribution is 0.120. The van der Waals surface area contributed by atoms with E-state index in [-0.39, 0.29) is 17.2 Å². The van der Waals surface area contributed by atoms with E-state index >= 15 is 0 Å². The van der Waals surface area contributed by atoms with Crippen LogP contribution in [0.25, 0.3) is 0 Å². The minimum absolute atomic E-state index is 0.0806. The number of hydrogen-bond donors (Lipinski definition) is 1. The molecule has 1 unspecified atom stereocenters. The van der Waals surface area contributed by atoms with Gasteiger partial charge in [0, 0.05) is 31.1 Å². The molecule has 2 heterocycles. The molecular weight excluding hydrogens is 230 g/mol. The van der Waals surface area contributed by atoms with Crippen LogP contribution < -0.4 is 10.9 Å². The van der Waals surface area contributed by atoms with Crippen molar-refractivity contribution in [2.45, 2.75) is 45.3 Å². The Bertz CT molecular complexity index is 456. The van der Waals surface area contributed by atoms with Crippen LogP contribution in [0.2, 0.25) is 0 Å². The highest BCUT2D eigenvalue weighted by molar-refractivity contribution is 5.31. The average molecular weight is 251 g/mol. The summed E-state index contributed by atoms with van der Waals surface area (Å²) in [6.07, 6.45) is 5.73. The van der Waals surface area contributed by atoms with Crippen LogP contribution in [0.3, 0.4) is 0 Å². The third kappa shape index (κ3) is 2.90. The predicted molar refractivity (Wildman–Crippen MR) is 71.0 cm³/mol. The number of hydrogen-bond acceptors (Lipinski definition) is 4. The molecule has 0 bridgehead atoms. The third-order valence-electron chi connectivity index (χ3n) is 3.08. The standard InChI is InChI=1S/C13H21N3O2/c1-13(2,3)16-7-6-14-11(12(16)17)15-9-10-5-4-8-18-10/h6-7,10H,4-5,8-9H2,1-3H3,(H,14,15). The van der Waals surface area contributed by atoms with Gasteiger partial charge in [0.25, 0.3) is 5.56 Å². The first-order valence-corrected chi connectivity index (χ1v) is 6.42. The highest BCUT2D eigenvalue weighted by atomic mass is 16.5. The second kappa shape index (κ2) is 5.10. The van der Waals surface area contributed by atoms with Gasteiger partial charge >= 0.3 is 0 Å². The fraction of sp³-hybridized carbons (Fsp3) is 0.692. The molecule has 0 saturated carbocycles. The molecule has 100 valence electrons. The van der Waals surface area contributed by atoms with Crippen molar-refractivity contribution < 1.29 is 4.74 Å². The van der Waals surface area contributed by atoms with Crippen LogP contribution in [-0.4, -0.2) is 28.8 Å². The summed E-state index contributed by atoms with van der Waals surface area (Å²) in [5, 5.41) is 3.10. The average Bonchev–Trinajstić information content (AvgIpc) is 2.79. The zero-order valence-corrected chi connectivity index (χ0v) is 11.3. The van der Waals surface area contributed by atoms with Crippen LogP contribution in [0.4, 0.5) is 5.82 Å². The zero-order valence-electron chi connectivity index (χ0n) is 11.3. The quantitative estimate of drug-likeness (QED) is 0.886. The molecular formula is C13H21N3O2. The van der Waals surface area contributed by atoms with E-state index in [0.717, 1.165) is 19.4 Å². The van der Waals surface area contributed by atoms with Crippen molar-refractivity contribution >= 4 is 5.82 Å². The molecule has 0 radical (unpaired) electrons. The first-order valence-electron chi connectivity index (χ1n) is 6.42. The first kappa shape index (κ1) is 13.1. The van der Waals surface area contributed by atoms with Gasteiger partial charge in [-0.25, -0.2) is 4.98 Å².